The molecule has 2 aromatic carbocycles. The van der Waals surface area contributed by atoms with E-state index in [1.807, 2.05) is 0 Å². The fourth-order valence-corrected chi connectivity index (χ4v) is 4.11. The number of rotatable bonds is 17. The minimum Gasteiger partial charge on any atom is -0.457 e. The number of benzene rings is 2. The molecule has 0 N–H and O–H groups in total. The molecule has 0 aliphatic heterocycles. The predicted molar refractivity (Wildman–Crippen MR) is 132 cm³/mol. The molecule has 0 amide bonds. The van der Waals surface area contributed by atoms with E-state index >= 15 is 0 Å². The van der Waals surface area contributed by atoms with Gasteiger partial charge in [-0.3, -0.25) is 0 Å². The van der Waals surface area contributed by atoms with Gasteiger partial charge < -0.3 is 4.74 Å². The predicted octanol–water partition coefficient (Wildman–Crippen LogP) is 9.67. The number of hydrogen-bond donors (Lipinski definition) is 0. The molecule has 0 saturated heterocycles. The molecular weight excluding hydrogens is 364 g/mol. The van der Waals surface area contributed by atoms with Crippen LogP contribution in [0.15, 0.2) is 48.5 Å². The summed E-state index contributed by atoms with van der Waals surface area (Å²) in [6.45, 7) is 4.56. The smallest absolute Gasteiger partial charge is 0.130 e. The van der Waals surface area contributed by atoms with Gasteiger partial charge in [0.05, 0.1) is 0 Å². The molecule has 30 heavy (non-hydrogen) atoms. The van der Waals surface area contributed by atoms with E-state index in [4.69, 9.17) is 4.74 Å². The van der Waals surface area contributed by atoms with Crippen LogP contribution in [0.5, 0.6) is 11.5 Å². The summed E-state index contributed by atoms with van der Waals surface area (Å²) < 4.78 is 6.45. The van der Waals surface area contributed by atoms with Crippen molar-refractivity contribution in [1.82, 2.24) is 0 Å². The molecule has 1 nitrogen and oxygen atoms in total. The summed E-state index contributed by atoms with van der Waals surface area (Å²) in [5.41, 5.74) is 2.69. The molecule has 0 fully saturated rings. The molecule has 0 bridgehead atoms. The summed E-state index contributed by atoms with van der Waals surface area (Å²) in [5.74, 6) is 2.08. The largest absolute Gasteiger partial charge is 0.457 e. The van der Waals surface area contributed by atoms with Crippen LogP contribution in [-0.2, 0) is 12.8 Å². The monoisotopic (exact) mass is 408 g/mol. The number of para-hydroxylation sites is 2. The van der Waals surface area contributed by atoms with E-state index in [0.29, 0.717) is 0 Å². The highest BCUT2D eigenvalue weighted by molar-refractivity contribution is 5.41. The molecule has 0 aliphatic carbocycles. The quantitative estimate of drug-likeness (QED) is 0.237. The molecule has 0 heterocycles. The maximum Gasteiger partial charge on any atom is 0.130 e. The van der Waals surface area contributed by atoms with Crippen molar-refractivity contribution in [3.05, 3.63) is 59.7 Å². The van der Waals surface area contributed by atoms with Crippen LogP contribution < -0.4 is 4.74 Å². The Labute approximate surface area is 186 Å². The third-order valence-corrected chi connectivity index (χ3v) is 6.01. The van der Waals surface area contributed by atoms with Gasteiger partial charge in [0.25, 0.3) is 0 Å². The van der Waals surface area contributed by atoms with Gasteiger partial charge in [-0.15, -0.1) is 0 Å². The lowest BCUT2D eigenvalue weighted by Crippen LogP contribution is -1.96. The SMILES string of the molecule is CCCCCCCCCc1ccccc1Oc1ccccc1CCCCCCCC. The van der Waals surface area contributed by atoms with Crippen molar-refractivity contribution in [2.24, 2.45) is 0 Å². The second-order valence-electron chi connectivity index (χ2n) is 8.71. The molecule has 1 heteroatoms. The zero-order chi connectivity index (χ0) is 21.3. The van der Waals surface area contributed by atoms with E-state index in [-0.39, 0.29) is 0 Å². The molecular formula is C29H44O. The van der Waals surface area contributed by atoms with E-state index in [1.54, 1.807) is 0 Å². The first-order valence-electron chi connectivity index (χ1n) is 12.7. The normalized spacial score (nSPS) is 11.0. The molecule has 0 radical (unpaired) electrons. The van der Waals surface area contributed by atoms with Crippen LogP contribution >= 0.6 is 0 Å². The van der Waals surface area contributed by atoms with Crippen molar-refractivity contribution in [2.45, 2.75) is 110 Å². The number of aryl methyl sites for hydroxylation is 2. The third kappa shape index (κ3) is 9.83. The fraction of sp³-hybridized carbons (Fsp3) is 0.586. The summed E-state index contributed by atoms with van der Waals surface area (Å²) in [5, 5.41) is 0. The average molecular weight is 409 g/mol. The van der Waals surface area contributed by atoms with Gasteiger partial charge in [-0.1, -0.05) is 121 Å². The first kappa shape index (κ1) is 24.5. The summed E-state index contributed by atoms with van der Waals surface area (Å²) in [4.78, 5) is 0. The lowest BCUT2D eigenvalue weighted by atomic mass is 10.0. The van der Waals surface area contributed by atoms with Gasteiger partial charge in [-0.2, -0.15) is 0 Å². The van der Waals surface area contributed by atoms with Gasteiger partial charge in [0.2, 0.25) is 0 Å². The lowest BCUT2D eigenvalue weighted by molar-refractivity contribution is 0.466. The van der Waals surface area contributed by atoms with Crippen LogP contribution in [0.1, 0.15) is 108 Å². The molecule has 0 aliphatic rings. The Balaban J connectivity index is 1.84. The van der Waals surface area contributed by atoms with E-state index in [9.17, 15) is 0 Å². The maximum atomic E-state index is 6.45. The summed E-state index contributed by atoms with van der Waals surface area (Å²) in [7, 11) is 0. The van der Waals surface area contributed by atoms with Crippen LogP contribution in [-0.4, -0.2) is 0 Å². The van der Waals surface area contributed by atoms with E-state index in [1.165, 1.54) is 94.6 Å². The van der Waals surface area contributed by atoms with Crippen LogP contribution in [0, 0.1) is 0 Å². The standard InChI is InChI=1S/C29H44O/c1-3-5-7-9-11-13-15-21-27-23-17-19-25-29(27)30-28-24-18-16-22-26(28)20-14-12-10-8-6-4-2/h16-19,22-25H,3-15,20-21H2,1-2H3. The van der Waals surface area contributed by atoms with Gasteiger partial charge in [0, 0.05) is 0 Å². The zero-order valence-corrected chi connectivity index (χ0v) is 19.6. The summed E-state index contributed by atoms with van der Waals surface area (Å²) >= 11 is 0. The fourth-order valence-electron chi connectivity index (χ4n) is 4.11. The van der Waals surface area contributed by atoms with Crippen molar-refractivity contribution in [3.8, 4) is 11.5 Å². The highest BCUT2D eigenvalue weighted by atomic mass is 16.5. The molecule has 2 aromatic rings. The number of hydrogen-bond acceptors (Lipinski definition) is 1. The summed E-state index contributed by atoms with van der Waals surface area (Å²) in [6.07, 6.45) is 19.7. The average Bonchev–Trinajstić information content (AvgIpc) is 2.77. The van der Waals surface area contributed by atoms with Crippen molar-refractivity contribution >= 4 is 0 Å². The Kier molecular flexibility index (Phi) is 13.1. The lowest BCUT2D eigenvalue weighted by Gasteiger charge is -2.14. The van der Waals surface area contributed by atoms with Crippen LogP contribution in [0.2, 0.25) is 0 Å². The Bertz CT molecular complexity index is 676. The van der Waals surface area contributed by atoms with Gasteiger partial charge >= 0.3 is 0 Å². The van der Waals surface area contributed by atoms with Crippen LogP contribution in [0.4, 0.5) is 0 Å². The van der Waals surface area contributed by atoms with E-state index < -0.39 is 0 Å². The Morgan fingerprint density at radius 3 is 1.27 bits per heavy atom. The minimum atomic E-state index is 1.04. The first-order chi connectivity index (χ1) is 14.8. The van der Waals surface area contributed by atoms with Crippen molar-refractivity contribution in [1.29, 1.82) is 0 Å². The second-order valence-corrected chi connectivity index (χ2v) is 8.71. The van der Waals surface area contributed by atoms with Gasteiger partial charge in [-0.25, -0.2) is 0 Å². The van der Waals surface area contributed by atoms with Crippen molar-refractivity contribution < 1.29 is 4.74 Å². The Hall–Kier alpha value is -1.76. The number of ether oxygens (including phenoxy) is 1. The maximum absolute atomic E-state index is 6.45. The molecule has 0 aromatic heterocycles. The molecule has 2 rings (SSSR count). The van der Waals surface area contributed by atoms with Crippen molar-refractivity contribution in [3.63, 3.8) is 0 Å². The topological polar surface area (TPSA) is 9.23 Å². The van der Waals surface area contributed by atoms with Gasteiger partial charge in [0.15, 0.2) is 0 Å². The molecule has 0 spiro atoms. The van der Waals surface area contributed by atoms with Gasteiger partial charge in [0.1, 0.15) is 11.5 Å². The zero-order valence-electron chi connectivity index (χ0n) is 19.6. The molecule has 0 saturated carbocycles. The van der Waals surface area contributed by atoms with E-state index in [0.717, 1.165) is 24.3 Å². The molecule has 166 valence electrons. The van der Waals surface area contributed by atoms with Crippen molar-refractivity contribution in [2.75, 3.05) is 0 Å². The van der Waals surface area contributed by atoms with Gasteiger partial charge in [-0.05, 0) is 48.9 Å². The third-order valence-electron chi connectivity index (χ3n) is 6.01. The van der Waals surface area contributed by atoms with Crippen LogP contribution in [0.3, 0.4) is 0 Å². The minimum absolute atomic E-state index is 1.04. The molecule has 0 atom stereocenters. The number of unbranched alkanes of at least 4 members (excludes halogenated alkanes) is 11. The first-order valence-corrected chi connectivity index (χ1v) is 12.7. The Morgan fingerprint density at radius 2 is 0.833 bits per heavy atom. The summed E-state index contributed by atoms with van der Waals surface area (Å²) in [6, 6.07) is 17.2. The van der Waals surface area contributed by atoms with Crippen LogP contribution in [0.25, 0.3) is 0 Å². The Morgan fingerprint density at radius 1 is 0.467 bits per heavy atom. The second kappa shape index (κ2) is 16.0. The highest BCUT2D eigenvalue weighted by Gasteiger charge is 2.08. The highest BCUT2D eigenvalue weighted by Crippen LogP contribution is 2.30. The van der Waals surface area contributed by atoms with E-state index in [2.05, 4.69) is 62.4 Å². The molecule has 0 unspecified atom stereocenters.